The van der Waals surface area contributed by atoms with Gasteiger partial charge >= 0.3 is 11.9 Å². The first-order chi connectivity index (χ1) is 15.6. The first-order valence-electron chi connectivity index (χ1n) is 9.19. The maximum atomic E-state index is 12.2. The lowest BCUT2D eigenvalue weighted by molar-refractivity contribution is -0.142. The Morgan fingerprint density at radius 3 is 1.91 bits per heavy atom. The number of ether oxygens (including phenoxy) is 2. The molecule has 11 heteroatoms. The van der Waals surface area contributed by atoms with E-state index in [0.29, 0.717) is 17.1 Å². The molecule has 2 N–H and O–H groups in total. The SMILES string of the molecule is O=C(Oc1ccc(Oc2ccc(C(Cl)[C@@](Cl)(C(=O)O)N(Cl)Cl)cc2)cc1)c1ccccc1O. The Balaban J connectivity index is 1.66. The molecule has 0 aliphatic heterocycles. The second kappa shape index (κ2) is 10.5. The topological polar surface area (TPSA) is 96.3 Å². The van der Waals surface area contributed by atoms with E-state index in [-0.39, 0.29) is 21.0 Å². The van der Waals surface area contributed by atoms with E-state index in [1.54, 1.807) is 36.4 Å². The number of hydrogen-bond acceptors (Lipinski definition) is 6. The van der Waals surface area contributed by atoms with E-state index in [1.165, 1.54) is 36.4 Å². The van der Waals surface area contributed by atoms with Crippen LogP contribution >= 0.6 is 46.8 Å². The highest BCUT2D eigenvalue weighted by Gasteiger charge is 2.49. The van der Waals surface area contributed by atoms with Crippen LogP contribution in [0.4, 0.5) is 0 Å². The fourth-order valence-corrected chi connectivity index (χ4v) is 3.61. The number of esters is 1. The summed E-state index contributed by atoms with van der Waals surface area (Å²) in [6.45, 7) is 0. The Bertz CT molecular complexity index is 1140. The number of hydrogen-bond donors (Lipinski definition) is 2. The minimum atomic E-state index is -2.28. The number of alkyl halides is 2. The zero-order valence-electron chi connectivity index (χ0n) is 16.5. The fraction of sp³-hybridized carbons (Fsp3) is 0.0909. The van der Waals surface area contributed by atoms with Gasteiger partial charge in [-0.1, -0.05) is 39.8 Å². The highest BCUT2D eigenvalue weighted by molar-refractivity contribution is 6.47. The molecule has 0 aliphatic rings. The smallest absolute Gasteiger partial charge is 0.347 e. The number of carboxylic acids is 1. The number of aromatic hydroxyl groups is 1. The van der Waals surface area contributed by atoms with Crippen molar-refractivity contribution >= 4 is 58.7 Å². The maximum Gasteiger partial charge on any atom is 0.347 e. The summed E-state index contributed by atoms with van der Waals surface area (Å²) in [5.41, 5.74) is 0.393. The predicted molar refractivity (Wildman–Crippen MR) is 124 cm³/mol. The largest absolute Gasteiger partial charge is 0.507 e. The quantitative estimate of drug-likeness (QED) is 0.116. The molecule has 3 rings (SSSR count). The molecular weight excluding hydrogens is 516 g/mol. The molecule has 0 aromatic heterocycles. The molecule has 7 nitrogen and oxygen atoms in total. The summed E-state index contributed by atoms with van der Waals surface area (Å²) >= 11 is 23.4. The van der Waals surface area contributed by atoms with E-state index in [2.05, 4.69) is 0 Å². The van der Waals surface area contributed by atoms with Crippen molar-refractivity contribution in [2.75, 3.05) is 0 Å². The van der Waals surface area contributed by atoms with Crippen LogP contribution < -0.4 is 9.47 Å². The van der Waals surface area contributed by atoms with Crippen LogP contribution in [0.1, 0.15) is 21.3 Å². The highest BCUT2D eigenvalue weighted by atomic mass is 35.5. The van der Waals surface area contributed by atoms with Crippen LogP contribution in [0, 0.1) is 0 Å². The zero-order chi connectivity index (χ0) is 24.2. The molecule has 0 saturated heterocycles. The number of carboxylic acid groups (broad SMARTS) is 1. The van der Waals surface area contributed by atoms with Gasteiger partial charge in [-0.15, -0.1) is 11.6 Å². The van der Waals surface area contributed by atoms with Crippen LogP contribution in [0.25, 0.3) is 0 Å². The van der Waals surface area contributed by atoms with Crippen LogP contribution in [0.15, 0.2) is 72.8 Å². The van der Waals surface area contributed by atoms with Crippen LogP contribution in [0.3, 0.4) is 0 Å². The number of carbonyl (C=O) groups is 2. The molecule has 0 radical (unpaired) electrons. The van der Waals surface area contributed by atoms with Crippen molar-refractivity contribution in [2.45, 2.75) is 10.4 Å². The van der Waals surface area contributed by atoms with Crippen molar-refractivity contribution in [1.82, 2.24) is 3.94 Å². The number of benzene rings is 3. The Morgan fingerprint density at radius 2 is 1.39 bits per heavy atom. The van der Waals surface area contributed by atoms with Gasteiger partial charge in [0.2, 0.25) is 5.00 Å². The summed E-state index contributed by atoms with van der Waals surface area (Å²) < 4.78 is 11.2. The number of nitrogens with zero attached hydrogens (tertiary/aromatic N) is 1. The molecule has 0 aliphatic carbocycles. The predicted octanol–water partition coefficient (Wildman–Crippen LogP) is 6.31. The number of carbonyl (C=O) groups excluding carboxylic acids is 1. The molecule has 0 spiro atoms. The highest BCUT2D eigenvalue weighted by Crippen LogP contribution is 2.43. The average Bonchev–Trinajstić information content (AvgIpc) is 2.79. The molecule has 0 heterocycles. The van der Waals surface area contributed by atoms with Crippen molar-refractivity contribution in [1.29, 1.82) is 0 Å². The van der Waals surface area contributed by atoms with Gasteiger partial charge in [-0.3, -0.25) is 0 Å². The number of phenolic OH excluding ortho intramolecular Hbond substituents is 1. The summed E-state index contributed by atoms with van der Waals surface area (Å²) in [4.78, 5) is 21.4. The third kappa shape index (κ3) is 5.63. The molecule has 0 amide bonds. The number of para-hydroxylation sites is 1. The molecule has 0 fully saturated rings. The Hall–Kier alpha value is -2.68. The van der Waals surface area contributed by atoms with Gasteiger partial charge in [0.25, 0.3) is 0 Å². The van der Waals surface area contributed by atoms with E-state index < -0.39 is 22.3 Å². The van der Waals surface area contributed by atoms with Gasteiger partial charge in [0, 0.05) is 0 Å². The van der Waals surface area contributed by atoms with Crippen molar-refractivity contribution in [3.05, 3.63) is 83.9 Å². The monoisotopic (exact) mass is 529 g/mol. The lowest BCUT2D eigenvalue weighted by atomic mass is 10.1. The van der Waals surface area contributed by atoms with Crippen LogP contribution in [-0.2, 0) is 4.79 Å². The van der Waals surface area contributed by atoms with Crippen LogP contribution in [0.5, 0.6) is 23.0 Å². The van der Waals surface area contributed by atoms with Crippen molar-refractivity contribution < 1.29 is 29.3 Å². The fourth-order valence-electron chi connectivity index (χ4n) is 2.71. The number of aliphatic carboxylic acids is 1. The molecule has 3 aromatic rings. The summed E-state index contributed by atoms with van der Waals surface area (Å²) in [5, 5.41) is 17.8. The van der Waals surface area contributed by atoms with E-state index in [9.17, 15) is 19.8 Å². The van der Waals surface area contributed by atoms with E-state index >= 15 is 0 Å². The minimum Gasteiger partial charge on any atom is -0.507 e. The summed E-state index contributed by atoms with van der Waals surface area (Å²) in [5.74, 6) is -1.27. The number of rotatable bonds is 8. The zero-order valence-corrected chi connectivity index (χ0v) is 19.5. The number of halogens is 4. The van der Waals surface area contributed by atoms with Gasteiger partial charge in [-0.2, -0.15) is 0 Å². The molecule has 172 valence electrons. The third-order valence-corrected chi connectivity index (χ3v) is 6.38. The van der Waals surface area contributed by atoms with Crippen LogP contribution in [0.2, 0.25) is 0 Å². The molecule has 1 unspecified atom stereocenters. The first kappa shape index (κ1) is 25.0. The Morgan fingerprint density at radius 1 is 0.879 bits per heavy atom. The summed E-state index contributed by atoms with van der Waals surface area (Å²) in [7, 11) is 0. The molecule has 0 saturated carbocycles. The van der Waals surface area contributed by atoms with Crippen molar-refractivity contribution in [2.24, 2.45) is 0 Å². The van der Waals surface area contributed by atoms with E-state index in [0.717, 1.165) is 0 Å². The van der Waals surface area contributed by atoms with Crippen LogP contribution in [-0.4, -0.2) is 31.1 Å². The van der Waals surface area contributed by atoms with Gasteiger partial charge in [-0.05, 0) is 77.6 Å². The normalized spacial score (nSPS) is 13.7. The van der Waals surface area contributed by atoms with Crippen molar-refractivity contribution in [3.8, 4) is 23.0 Å². The van der Waals surface area contributed by atoms with Gasteiger partial charge in [-0.25, -0.2) is 9.59 Å². The van der Waals surface area contributed by atoms with Gasteiger partial charge in [0.1, 0.15) is 33.9 Å². The van der Waals surface area contributed by atoms with Gasteiger partial charge in [0.15, 0.2) is 0 Å². The number of phenols is 1. The Kier molecular flexibility index (Phi) is 7.94. The lowest BCUT2D eigenvalue weighted by Crippen LogP contribution is -2.44. The molecule has 3 aromatic carbocycles. The van der Waals surface area contributed by atoms with Gasteiger partial charge < -0.3 is 19.7 Å². The average molecular weight is 531 g/mol. The summed E-state index contributed by atoms with van der Waals surface area (Å²) in [6.07, 6.45) is 0. The van der Waals surface area contributed by atoms with Gasteiger partial charge in [0.05, 0.1) is 0 Å². The standard InChI is InChI=1S/C22H15Cl4NO6/c23-19(22(24,21(30)31)27(25)26)13-5-7-14(8-6-13)32-15-9-11-16(12-10-15)33-20(29)17-3-1-2-4-18(17)28/h1-12,19,28H,(H,30,31)/t19?,22-/m0/s1. The lowest BCUT2D eigenvalue weighted by Gasteiger charge is -2.29. The minimum absolute atomic E-state index is 0.0471. The first-order valence-corrected chi connectivity index (χ1v) is 10.7. The van der Waals surface area contributed by atoms with E-state index in [4.69, 9.17) is 56.2 Å². The second-order valence-electron chi connectivity index (χ2n) is 6.62. The second-order valence-corrected chi connectivity index (χ2v) is 8.48. The molecule has 33 heavy (non-hydrogen) atoms. The van der Waals surface area contributed by atoms with Crippen molar-refractivity contribution in [3.63, 3.8) is 0 Å². The third-order valence-electron chi connectivity index (χ3n) is 4.45. The summed E-state index contributed by atoms with van der Waals surface area (Å²) in [6, 6.07) is 18.4. The molecular formula is C22H15Cl4NO6. The maximum absolute atomic E-state index is 12.2. The molecule has 2 atom stereocenters. The van der Waals surface area contributed by atoms with E-state index in [1.807, 2.05) is 0 Å². The Labute approximate surface area is 208 Å². The molecule has 0 bridgehead atoms.